The molecule has 0 aromatic rings. The van der Waals surface area contributed by atoms with Crippen LogP contribution in [0.2, 0.25) is 0 Å². The molecule has 0 amide bonds. The highest BCUT2D eigenvalue weighted by Crippen LogP contribution is 2.32. The second kappa shape index (κ2) is 4.83. The first kappa shape index (κ1) is 10.0. The van der Waals surface area contributed by atoms with E-state index in [9.17, 15) is 0 Å². The van der Waals surface area contributed by atoms with E-state index in [1.807, 2.05) is 0 Å². The van der Waals surface area contributed by atoms with E-state index in [0.29, 0.717) is 6.10 Å². The quantitative estimate of drug-likeness (QED) is 0.615. The Bertz CT molecular complexity index is 125. The fourth-order valence-corrected chi connectivity index (χ4v) is 1.49. The summed E-state index contributed by atoms with van der Waals surface area (Å²) in [6, 6.07) is 0.797. The van der Waals surface area contributed by atoms with Gasteiger partial charge in [0.25, 0.3) is 0 Å². The number of ether oxygens (including phenoxy) is 1. The SMILES string of the molecule is CCC1CC1NCCOC(C)C. The molecule has 1 N–H and O–H groups in total. The molecule has 1 fully saturated rings. The average molecular weight is 171 g/mol. The molecular weight excluding hydrogens is 150 g/mol. The molecule has 0 aromatic heterocycles. The van der Waals surface area contributed by atoms with Gasteiger partial charge in [-0.3, -0.25) is 0 Å². The zero-order valence-electron chi connectivity index (χ0n) is 8.47. The highest BCUT2D eigenvalue weighted by molar-refractivity contribution is 4.91. The van der Waals surface area contributed by atoms with Gasteiger partial charge in [-0.25, -0.2) is 0 Å². The smallest absolute Gasteiger partial charge is 0.0594 e. The van der Waals surface area contributed by atoms with Crippen LogP contribution < -0.4 is 5.32 Å². The molecule has 0 aromatic carbocycles. The maximum atomic E-state index is 5.43. The summed E-state index contributed by atoms with van der Waals surface area (Å²) >= 11 is 0. The average Bonchev–Trinajstić information content (AvgIpc) is 2.76. The molecule has 0 aliphatic heterocycles. The van der Waals surface area contributed by atoms with Crippen molar-refractivity contribution >= 4 is 0 Å². The number of hydrogen-bond acceptors (Lipinski definition) is 2. The van der Waals surface area contributed by atoms with Gasteiger partial charge in [-0.15, -0.1) is 0 Å². The van der Waals surface area contributed by atoms with Gasteiger partial charge in [0.15, 0.2) is 0 Å². The van der Waals surface area contributed by atoms with Gasteiger partial charge in [-0.1, -0.05) is 13.3 Å². The molecule has 2 atom stereocenters. The predicted octanol–water partition coefficient (Wildman–Crippen LogP) is 1.80. The van der Waals surface area contributed by atoms with Crippen LogP contribution in [0.1, 0.15) is 33.6 Å². The molecule has 1 aliphatic carbocycles. The van der Waals surface area contributed by atoms with Crippen molar-refractivity contribution in [2.75, 3.05) is 13.2 Å². The largest absolute Gasteiger partial charge is 0.377 e. The molecule has 1 saturated carbocycles. The summed E-state index contributed by atoms with van der Waals surface area (Å²) in [4.78, 5) is 0. The first-order chi connectivity index (χ1) is 5.74. The Morgan fingerprint density at radius 2 is 2.25 bits per heavy atom. The van der Waals surface area contributed by atoms with Crippen LogP contribution in [0.3, 0.4) is 0 Å². The van der Waals surface area contributed by atoms with Gasteiger partial charge in [0.2, 0.25) is 0 Å². The van der Waals surface area contributed by atoms with Crippen LogP contribution in [0, 0.1) is 5.92 Å². The molecule has 0 bridgehead atoms. The summed E-state index contributed by atoms with van der Waals surface area (Å²) in [7, 11) is 0. The van der Waals surface area contributed by atoms with Crippen molar-refractivity contribution in [2.45, 2.75) is 45.8 Å². The number of hydrogen-bond donors (Lipinski definition) is 1. The lowest BCUT2D eigenvalue weighted by Crippen LogP contribution is -2.24. The van der Waals surface area contributed by atoms with E-state index in [4.69, 9.17) is 4.74 Å². The summed E-state index contributed by atoms with van der Waals surface area (Å²) in [5.41, 5.74) is 0. The van der Waals surface area contributed by atoms with E-state index in [-0.39, 0.29) is 0 Å². The van der Waals surface area contributed by atoms with Crippen LogP contribution in [0.25, 0.3) is 0 Å². The summed E-state index contributed by atoms with van der Waals surface area (Å²) in [6.07, 6.45) is 3.06. The van der Waals surface area contributed by atoms with Gasteiger partial charge in [-0.05, 0) is 26.2 Å². The van der Waals surface area contributed by atoms with Crippen molar-refractivity contribution in [3.8, 4) is 0 Å². The minimum atomic E-state index is 0.368. The topological polar surface area (TPSA) is 21.3 Å². The molecule has 0 saturated heterocycles. The zero-order chi connectivity index (χ0) is 8.97. The first-order valence-electron chi connectivity index (χ1n) is 5.09. The summed E-state index contributed by atoms with van der Waals surface area (Å²) in [5.74, 6) is 0.948. The Balaban J connectivity index is 1.84. The standard InChI is InChI=1S/C10H21NO/c1-4-9-7-10(9)11-5-6-12-8(2)3/h8-11H,4-7H2,1-3H3. The molecule has 1 rings (SSSR count). The van der Waals surface area contributed by atoms with Crippen LogP contribution in [0.4, 0.5) is 0 Å². The number of rotatable bonds is 6. The van der Waals surface area contributed by atoms with Gasteiger partial charge in [0.1, 0.15) is 0 Å². The molecule has 12 heavy (non-hydrogen) atoms. The third kappa shape index (κ3) is 3.55. The van der Waals surface area contributed by atoms with Crippen molar-refractivity contribution in [1.29, 1.82) is 0 Å². The van der Waals surface area contributed by atoms with E-state index >= 15 is 0 Å². The molecule has 72 valence electrons. The number of nitrogens with one attached hydrogen (secondary N) is 1. The molecule has 0 heterocycles. The molecule has 1 aliphatic rings. The molecule has 0 spiro atoms. The minimum absolute atomic E-state index is 0.368. The highest BCUT2D eigenvalue weighted by Gasteiger charge is 2.34. The van der Waals surface area contributed by atoms with Gasteiger partial charge < -0.3 is 10.1 Å². The summed E-state index contributed by atoms with van der Waals surface area (Å²) in [6.45, 7) is 8.28. The lowest BCUT2D eigenvalue weighted by Gasteiger charge is -2.07. The molecule has 0 radical (unpaired) electrons. The van der Waals surface area contributed by atoms with Crippen molar-refractivity contribution in [3.63, 3.8) is 0 Å². The van der Waals surface area contributed by atoms with Crippen LogP contribution in [0.5, 0.6) is 0 Å². The Hall–Kier alpha value is -0.0800. The second-order valence-electron chi connectivity index (χ2n) is 3.88. The molecule has 2 nitrogen and oxygen atoms in total. The Labute approximate surface area is 75.7 Å². The normalized spacial score (nSPS) is 28.0. The fraction of sp³-hybridized carbons (Fsp3) is 1.00. The maximum absolute atomic E-state index is 5.43. The Morgan fingerprint density at radius 1 is 1.50 bits per heavy atom. The zero-order valence-corrected chi connectivity index (χ0v) is 8.47. The van der Waals surface area contributed by atoms with Gasteiger partial charge in [0.05, 0.1) is 12.7 Å². The lowest BCUT2D eigenvalue weighted by molar-refractivity contribution is 0.0805. The monoisotopic (exact) mass is 171 g/mol. The van der Waals surface area contributed by atoms with E-state index in [0.717, 1.165) is 25.1 Å². The van der Waals surface area contributed by atoms with E-state index in [1.165, 1.54) is 12.8 Å². The highest BCUT2D eigenvalue weighted by atomic mass is 16.5. The van der Waals surface area contributed by atoms with Gasteiger partial charge in [-0.2, -0.15) is 0 Å². The third-order valence-corrected chi connectivity index (χ3v) is 2.41. The fourth-order valence-electron chi connectivity index (χ4n) is 1.49. The predicted molar refractivity (Wildman–Crippen MR) is 51.3 cm³/mol. The van der Waals surface area contributed by atoms with Crippen LogP contribution in [0.15, 0.2) is 0 Å². The molecular formula is C10H21NO. The van der Waals surface area contributed by atoms with Crippen LogP contribution in [-0.2, 0) is 4.74 Å². The van der Waals surface area contributed by atoms with Gasteiger partial charge in [0, 0.05) is 12.6 Å². The van der Waals surface area contributed by atoms with E-state index < -0.39 is 0 Å². The van der Waals surface area contributed by atoms with Crippen molar-refractivity contribution in [1.82, 2.24) is 5.32 Å². The van der Waals surface area contributed by atoms with Gasteiger partial charge >= 0.3 is 0 Å². The van der Waals surface area contributed by atoms with E-state index in [1.54, 1.807) is 0 Å². The molecule has 2 unspecified atom stereocenters. The summed E-state index contributed by atoms with van der Waals surface area (Å²) in [5, 5.41) is 3.49. The van der Waals surface area contributed by atoms with Crippen molar-refractivity contribution in [2.24, 2.45) is 5.92 Å². The first-order valence-corrected chi connectivity index (χ1v) is 5.09. The lowest BCUT2D eigenvalue weighted by atomic mass is 10.3. The van der Waals surface area contributed by atoms with Crippen molar-refractivity contribution in [3.05, 3.63) is 0 Å². The Kier molecular flexibility index (Phi) is 4.02. The van der Waals surface area contributed by atoms with E-state index in [2.05, 4.69) is 26.1 Å². The van der Waals surface area contributed by atoms with Crippen LogP contribution in [-0.4, -0.2) is 25.3 Å². The maximum Gasteiger partial charge on any atom is 0.0594 e. The Morgan fingerprint density at radius 3 is 2.75 bits per heavy atom. The minimum Gasteiger partial charge on any atom is -0.377 e. The third-order valence-electron chi connectivity index (χ3n) is 2.41. The molecule has 2 heteroatoms. The second-order valence-corrected chi connectivity index (χ2v) is 3.88. The summed E-state index contributed by atoms with van der Waals surface area (Å²) < 4.78 is 5.43. The van der Waals surface area contributed by atoms with Crippen LogP contribution >= 0.6 is 0 Å². The van der Waals surface area contributed by atoms with Crippen molar-refractivity contribution < 1.29 is 4.74 Å².